The molecule has 0 radical (unpaired) electrons. The monoisotopic (exact) mass is 572 g/mol. The fourth-order valence-corrected chi connectivity index (χ4v) is 5.30. The van der Waals surface area contributed by atoms with E-state index in [-0.39, 0.29) is 6.42 Å². The highest BCUT2D eigenvalue weighted by Crippen LogP contribution is 2.18. The topological polar surface area (TPSA) is 95.7 Å². The number of Topliss-reactive ketones (excluding diaryl/α,β-unsaturated/α-hetero) is 1. The van der Waals surface area contributed by atoms with E-state index in [0.29, 0.717) is 11.1 Å². The predicted octanol–water partition coefficient (Wildman–Crippen LogP) is 4.57. The van der Waals surface area contributed by atoms with Gasteiger partial charge in [0.2, 0.25) is 5.78 Å². The second-order valence-corrected chi connectivity index (χ2v) is 10.7. The third kappa shape index (κ3) is 8.05. The largest absolute Gasteiger partial charge is 0.369 e. The number of primary amides is 1. The fourth-order valence-electron chi connectivity index (χ4n) is 5.30. The highest BCUT2D eigenvalue weighted by atomic mass is 16.2. The minimum absolute atomic E-state index is 0.168. The lowest BCUT2D eigenvalue weighted by atomic mass is 10.00. The number of nitrogens with two attached hydrogens (primary N) is 1. The minimum atomic E-state index is -1.08. The van der Waals surface area contributed by atoms with Crippen LogP contribution in [0.4, 0.5) is 5.69 Å². The number of hydrogen-bond donors (Lipinski definition) is 2. The molecule has 2 amide bonds. The number of carbonyl (C=O) groups excluding carboxylic acids is 3. The summed E-state index contributed by atoms with van der Waals surface area (Å²) in [4.78, 5) is 42.4. The molecule has 4 aromatic carbocycles. The molecular weight excluding hydrogens is 536 g/mol. The van der Waals surface area contributed by atoms with Gasteiger partial charge >= 0.3 is 0 Å². The number of nitrogens with one attached hydrogen (secondary N) is 1. The van der Waals surface area contributed by atoms with E-state index >= 15 is 0 Å². The molecule has 7 nitrogen and oxygen atoms in total. The molecule has 1 saturated heterocycles. The van der Waals surface area contributed by atoms with Crippen LogP contribution in [0.2, 0.25) is 0 Å². The lowest BCUT2D eigenvalue weighted by Crippen LogP contribution is -2.47. The molecule has 1 aliphatic rings. The number of piperazine rings is 1. The number of rotatable bonds is 11. The molecule has 218 valence electrons. The number of carbonyl (C=O) groups is 3. The first kappa shape index (κ1) is 29.5. The standard InChI is InChI=1S/C36H36N4O3/c37-35(42)34(41)33(25-28-9-3-1-4-10-28)38-36(43)32-14-8-7-11-30(32)20-19-27-15-17-29(18-16-27)26-39-21-23-40(24-22-39)31-12-5-2-6-13-31/h1-20,33H,21-26H2,(H2,37,42)(H,38,43). The maximum atomic E-state index is 13.3. The average molecular weight is 573 g/mol. The number of amides is 2. The van der Waals surface area contributed by atoms with Gasteiger partial charge in [0.15, 0.2) is 0 Å². The molecular formula is C36H36N4O3. The summed E-state index contributed by atoms with van der Waals surface area (Å²) < 4.78 is 0. The van der Waals surface area contributed by atoms with Crippen molar-refractivity contribution in [2.45, 2.75) is 19.0 Å². The smallest absolute Gasteiger partial charge is 0.287 e. The van der Waals surface area contributed by atoms with E-state index in [4.69, 9.17) is 5.73 Å². The lowest BCUT2D eigenvalue weighted by Gasteiger charge is -2.36. The number of nitrogens with zero attached hydrogens (tertiary/aromatic N) is 2. The first-order valence-electron chi connectivity index (χ1n) is 14.5. The van der Waals surface area contributed by atoms with Crippen molar-refractivity contribution in [3.05, 3.63) is 137 Å². The van der Waals surface area contributed by atoms with Crippen LogP contribution < -0.4 is 16.0 Å². The van der Waals surface area contributed by atoms with Crippen LogP contribution in [0.15, 0.2) is 109 Å². The molecule has 7 heteroatoms. The predicted molar refractivity (Wildman–Crippen MR) is 171 cm³/mol. The Bertz CT molecular complexity index is 1560. The zero-order chi connectivity index (χ0) is 30.0. The first-order valence-corrected chi connectivity index (χ1v) is 14.5. The fraction of sp³-hybridized carbons (Fsp3) is 0.194. The molecule has 0 spiro atoms. The maximum absolute atomic E-state index is 13.3. The van der Waals surface area contributed by atoms with Crippen LogP contribution in [-0.4, -0.2) is 54.7 Å². The Kier molecular flexibility index (Phi) is 9.77. The molecule has 1 unspecified atom stereocenters. The quantitative estimate of drug-likeness (QED) is 0.203. The normalized spacial score (nSPS) is 14.4. The van der Waals surface area contributed by atoms with Crippen LogP contribution in [0.25, 0.3) is 12.2 Å². The van der Waals surface area contributed by atoms with Crippen LogP contribution in [0, 0.1) is 0 Å². The van der Waals surface area contributed by atoms with E-state index in [1.807, 2.05) is 54.6 Å². The Morgan fingerprint density at radius 1 is 0.721 bits per heavy atom. The molecule has 1 heterocycles. The van der Waals surface area contributed by atoms with Crippen LogP contribution in [0.3, 0.4) is 0 Å². The van der Waals surface area contributed by atoms with Gasteiger partial charge in [0.1, 0.15) is 6.04 Å². The molecule has 1 fully saturated rings. The molecule has 1 aliphatic heterocycles. The summed E-state index contributed by atoms with van der Waals surface area (Å²) in [5, 5.41) is 2.73. The molecule has 0 bridgehead atoms. The lowest BCUT2D eigenvalue weighted by molar-refractivity contribution is -0.137. The van der Waals surface area contributed by atoms with Crippen LogP contribution in [0.5, 0.6) is 0 Å². The summed E-state index contributed by atoms with van der Waals surface area (Å²) in [7, 11) is 0. The SMILES string of the molecule is NC(=O)C(=O)C(Cc1ccccc1)NC(=O)c1ccccc1C=Cc1ccc(CN2CCN(c3ccccc3)CC2)cc1. The number of benzene rings is 4. The minimum Gasteiger partial charge on any atom is -0.369 e. The summed E-state index contributed by atoms with van der Waals surface area (Å²) in [5.74, 6) is -2.35. The van der Waals surface area contributed by atoms with Gasteiger partial charge < -0.3 is 16.0 Å². The Morgan fingerprint density at radius 2 is 1.35 bits per heavy atom. The highest BCUT2D eigenvalue weighted by Gasteiger charge is 2.26. The zero-order valence-corrected chi connectivity index (χ0v) is 24.1. The molecule has 5 rings (SSSR count). The van der Waals surface area contributed by atoms with Crippen molar-refractivity contribution in [2.24, 2.45) is 5.73 Å². The summed E-state index contributed by atoms with van der Waals surface area (Å²) in [5.41, 5.74) is 10.7. The van der Waals surface area contributed by atoms with E-state index in [1.165, 1.54) is 11.3 Å². The van der Waals surface area contributed by atoms with Gasteiger partial charge in [-0.3, -0.25) is 19.3 Å². The van der Waals surface area contributed by atoms with Gasteiger partial charge in [-0.25, -0.2) is 0 Å². The number of para-hydroxylation sites is 1. The van der Waals surface area contributed by atoms with Gasteiger partial charge in [0.25, 0.3) is 11.8 Å². The van der Waals surface area contributed by atoms with E-state index in [2.05, 4.69) is 69.7 Å². The third-order valence-electron chi connectivity index (χ3n) is 7.69. The van der Waals surface area contributed by atoms with Gasteiger partial charge in [0, 0.05) is 50.4 Å². The van der Waals surface area contributed by atoms with Crippen molar-refractivity contribution in [3.63, 3.8) is 0 Å². The Morgan fingerprint density at radius 3 is 2.02 bits per heavy atom. The van der Waals surface area contributed by atoms with Crippen molar-refractivity contribution in [1.82, 2.24) is 10.2 Å². The second-order valence-electron chi connectivity index (χ2n) is 10.7. The van der Waals surface area contributed by atoms with Crippen molar-refractivity contribution < 1.29 is 14.4 Å². The summed E-state index contributed by atoms with van der Waals surface area (Å²) >= 11 is 0. The molecule has 0 aromatic heterocycles. The Balaban J connectivity index is 1.20. The molecule has 3 N–H and O–H groups in total. The molecule has 0 aliphatic carbocycles. The van der Waals surface area contributed by atoms with E-state index < -0.39 is 23.6 Å². The molecule has 4 aromatic rings. The summed E-state index contributed by atoms with van der Waals surface area (Å²) in [6, 6.07) is 34.3. The van der Waals surface area contributed by atoms with E-state index in [0.717, 1.165) is 43.9 Å². The van der Waals surface area contributed by atoms with Crippen molar-refractivity contribution in [3.8, 4) is 0 Å². The van der Waals surface area contributed by atoms with Crippen LogP contribution in [-0.2, 0) is 22.6 Å². The van der Waals surface area contributed by atoms with Crippen molar-refractivity contribution in [2.75, 3.05) is 31.1 Å². The average Bonchev–Trinajstić information content (AvgIpc) is 3.05. The molecule has 43 heavy (non-hydrogen) atoms. The molecule has 1 atom stereocenters. The van der Waals surface area contributed by atoms with E-state index in [1.54, 1.807) is 12.1 Å². The second kappa shape index (κ2) is 14.2. The third-order valence-corrected chi connectivity index (χ3v) is 7.69. The summed E-state index contributed by atoms with van der Waals surface area (Å²) in [6.45, 7) is 4.98. The Labute approximate surface area is 252 Å². The van der Waals surface area contributed by atoms with Gasteiger partial charge in [-0.15, -0.1) is 0 Å². The van der Waals surface area contributed by atoms with E-state index in [9.17, 15) is 14.4 Å². The van der Waals surface area contributed by atoms with Crippen molar-refractivity contribution in [1.29, 1.82) is 0 Å². The maximum Gasteiger partial charge on any atom is 0.287 e. The molecule has 0 saturated carbocycles. The summed E-state index contributed by atoms with van der Waals surface area (Å²) in [6.07, 6.45) is 4.01. The Hall–Kier alpha value is -5.01. The van der Waals surface area contributed by atoms with Crippen molar-refractivity contribution >= 4 is 35.4 Å². The van der Waals surface area contributed by atoms with Crippen LogP contribution >= 0.6 is 0 Å². The van der Waals surface area contributed by atoms with Gasteiger partial charge in [-0.05, 0) is 40.5 Å². The highest BCUT2D eigenvalue weighted by molar-refractivity contribution is 6.38. The number of ketones is 1. The van der Waals surface area contributed by atoms with Gasteiger partial charge in [0.05, 0.1) is 0 Å². The zero-order valence-electron chi connectivity index (χ0n) is 24.1. The van der Waals surface area contributed by atoms with Gasteiger partial charge in [-0.2, -0.15) is 0 Å². The van der Waals surface area contributed by atoms with Crippen LogP contribution in [0.1, 0.15) is 32.6 Å². The first-order chi connectivity index (χ1) is 21.0. The number of anilines is 1. The number of hydrogen-bond acceptors (Lipinski definition) is 5. The van der Waals surface area contributed by atoms with Gasteiger partial charge in [-0.1, -0.05) is 103 Å².